The molecule has 0 aromatic carbocycles. The van der Waals surface area contributed by atoms with E-state index < -0.39 is 9.83 Å². The van der Waals surface area contributed by atoms with Crippen LogP contribution in [0.2, 0.25) is 0 Å². The SMILES string of the molecule is CCSS(=O)C(C(C)=O)=C(C)OC=O. The monoisotopic (exact) mass is 236 g/mol. The summed E-state index contributed by atoms with van der Waals surface area (Å²) in [5.74, 6) is 0.382. The first-order valence-electron chi connectivity index (χ1n) is 3.91. The molecule has 0 aliphatic rings. The van der Waals surface area contributed by atoms with E-state index in [1.54, 1.807) is 0 Å². The molecule has 0 rings (SSSR count). The summed E-state index contributed by atoms with van der Waals surface area (Å²) >= 11 is 0. The third-order valence-electron chi connectivity index (χ3n) is 1.26. The lowest BCUT2D eigenvalue weighted by Crippen LogP contribution is -2.06. The molecule has 0 heterocycles. The standard InChI is InChI=1S/C8H12O4S2/c1-4-13-14(11)8(6(2)10)7(3)12-5-9/h5H,4H2,1-3H3. The third-order valence-corrected chi connectivity index (χ3v) is 4.46. The van der Waals surface area contributed by atoms with Crippen molar-refractivity contribution in [3.8, 4) is 0 Å². The van der Waals surface area contributed by atoms with Gasteiger partial charge in [-0.25, -0.2) is 4.21 Å². The third kappa shape index (κ3) is 4.06. The number of rotatable bonds is 6. The largest absolute Gasteiger partial charge is 0.432 e. The molecule has 0 fully saturated rings. The number of ether oxygens (including phenoxy) is 1. The van der Waals surface area contributed by atoms with Gasteiger partial charge >= 0.3 is 0 Å². The molecule has 6 heteroatoms. The molecule has 1 atom stereocenters. The molecule has 0 radical (unpaired) electrons. The van der Waals surface area contributed by atoms with E-state index in [1.807, 2.05) is 6.92 Å². The number of ketones is 1. The van der Waals surface area contributed by atoms with Crippen LogP contribution in [0, 0.1) is 0 Å². The van der Waals surface area contributed by atoms with Crippen molar-refractivity contribution in [3.63, 3.8) is 0 Å². The summed E-state index contributed by atoms with van der Waals surface area (Å²) in [7, 11) is -0.337. The molecule has 0 spiro atoms. The van der Waals surface area contributed by atoms with Gasteiger partial charge in [0.2, 0.25) is 0 Å². The minimum atomic E-state index is -1.46. The Morgan fingerprint density at radius 2 is 2.07 bits per heavy atom. The second kappa shape index (κ2) is 6.78. The topological polar surface area (TPSA) is 60.4 Å². The summed E-state index contributed by atoms with van der Waals surface area (Å²) in [6, 6.07) is 0. The van der Waals surface area contributed by atoms with Gasteiger partial charge in [0.05, 0.1) is 0 Å². The molecule has 14 heavy (non-hydrogen) atoms. The predicted molar refractivity (Wildman–Crippen MR) is 56.8 cm³/mol. The number of carbonyl (C=O) groups is 2. The molecule has 0 saturated heterocycles. The maximum Gasteiger partial charge on any atom is 0.298 e. The molecule has 0 bridgehead atoms. The Labute approximate surface area is 88.9 Å². The Bertz CT molecular complexity index is 283. The second-order valence-corrected chi connectivity index (χ2v) is 5.60. The fraction of sp³-hybridized carbons (Fsp3) is 0.500. The van der Waals surface area contributed by atoms with Gasteiger partial charge in [-0.15, -0.1) is 0 Å². The lowest BCUT2D eigenvalue weighted by molar-refractivity contribution is -0.125. The first kappa shape index (κ1) is 13.4. The minimum Gasteiger partial charge on any atom is -0.432 e. The van der Waals surface area contributed by atoms with E-state index in [9.17, 15) is 13.8 Å². The number of allylic oxidation sites excluding steroid dienone is 2. The van der Waals surface area contributed by atoms with Crippen LogP contribution in [0.5, 0.6) is 0 Å². The molecule has 80 valence electrons. The Hall–Kier alpha value is -0.620. The molecular weight excluding hydrogens is 224 g/mol. The van der Waals surface area contributed by atoms with Gasteiger partial charge in [0, 0.05) is 5.75 Å². The zero-order chi connectivity index (χ0) is 11.1. The Morgan fingerprint density at radius 3 is 2.43 bits per heavy atom. The molecule has 0 aromatic heterocycles. The van der Waals surface area contributed by atoms with Crippen LogP contribution in [0.4, 0.5) is 0 Å². The van der Waals surface area contributed by atoms with E-state index in [-0.39, 0.29) is 22.9 Å². The fourth-order valence-corrected chi connectivity index (χ4v) is 3.32. The van der Waals surface area contributed by atoms with E-state index in [1.165, 1.54) is 13.8 Å². The smallest absolute Gasteiger partial charge is 0.298 e. The molecule has 0 aliphatic carbocycles. The summed E-state index contributed by atoms with van der Waals surface area (Å²) in [5.41, 5.74) is 0. The molecule has 1 unspecified atom stereocenters. The van der Waals surface area contributed by atoms with Gasteiger partial charge in [0.1, 0.15) is 20.5 Å². The highest BCUT2D eigenvalue weighted by atomic mass is 33.1. The summed E-state index contributed by atoms with van der Waals surface area (Å²) < 4.78 is 16.0. The van der Waals surface area contributed by atoms with Crippen LogP contribution >= 0.6 is 10.8 Å². The first-order valence-corrected chi connectivity index (χ1v) is 6.57. The zero-order valence-corrected chi connectivity index (χ0v) is 9.87. The van der Waals surface area contributed by atoms with Crippen molar-refractivity contribution in [1.82, 2.24) is 0 Å². The Kier molecular flexibility index (Phi) is 6.48. The van der Waals surface area contributed by atoms with E-state index in [4.69, 9.17) is 0 Å². The van der Waals surface area contributed by atoms with Crippen LogP contribution in [0.25, 0.3) is 0 Å². The van der Waals surface area contributed by atoms with Crippen molar-refractivity contribution in [3.05, 3.63) is 10.7 Å². The Morgan fingerprint density at radius 1 is 1.50 bits per heavy atom. The number of hydrogen-bond acceptors (Lipinski definition) is 5. The number of Topliss-reactive ketones (excluding diaryl/α,β-unsaturated/α-hetero) is 1. The highest BCUT2D eigenvalue weighted by Crippen LogP contribution is 2.20. The van der Waals surface area contributed by atoms with E-state index in [0.717, 1.165) is 10.8 Å². The van der Waals surface area contributed by atoms with E-state index in [0.29, 0.717) is 5.75 Å². The molecule has 0 N–H and O–H groups in total. The molecule has 0 saturated carbocycles. The van der Waals surface area contributed by atoms with Crippen LogP contribution in [0.3, 0.4) is 0 Å². The summed E-state index contributed by atoms with van der Waals surface area (Å²) in [6.45, 7) is 4.78. The normalized spacial score (nSPS) is 14.2. The quantitative estimate of drug-likeness (QED) is 0.302. The first-order chi connectivity index (χ1) is 6.54. The number of hydrogen-bond donors (Lipinski definition) is 0. The van der Waals surface area contributed by atoms with Crippen LogP contribution in [-0.4, -0.2) is 22.2 Å². The molecule has 4 nitrogen and oxygen atoms in total. The van der Waals surface area contributed by atoms with Crippen molar-refractivity contribution < 1.29 is 18.5 Å². The Balaban J connectivity index is 4.92. The van der Waals surface area contributed by atoms with Gasteiger partial charge in [0.15, 0.2) is 5.78 Å². The average molecular weight is 236 g/mol. The number of carbonyl (C=O) groups excluding carboxylic acids is 2. The highest BCUT2D eigenvalue weighted by molar-refractivity contribution is 8.70. The van der Waals surface area contributed by atoms with Crippen LogP contribution in [-0.2, 0) is 24.2 Å². The maximum absolute atomic E-state index is 11.5. The van der Waals surface area contributed by atoms with Crippen molar-refractivity contribution >= 4 is 32.9 Å². The van der Waals surface area contributed by atoms with Crippen molar-refractivity contribution in [2.45, 2.75) is 20.8 Å². The van der Waals surface area contributed by atoms with Crippen LogP contribution in [0.15, 0.2) is 10.7 Å². The van der Waals surface area contributed by atoms with Crippen LogP contribution in [0.1, 0.15) is 20.8 Å². The highest BCUT2D eigenvalue weighted by Gasteiger charge is 2.17. The van der Waals surface area contributed by atoms with Gasteiger partial charge in [-0.1, -0.05) is 17.7 Å². The zero-order valence-electron chi connectivity index (χ0n) is 8.23. The van der Waals surface area contributed by atoms with Crippen molar-refractivity contribution in [1.29, 1.82) is 0 Å². The van der Waals surface area contributed by atoms with Gasteiger partial charge in [-0.05, 0) is 13.8 Å². The average Bonchev–Trinajstić information content (AvgIpc) is 2.04. The summed E-state index contributed by atoms with van der Waals surface area (Å²) in [6.07, 6.45) is 0. The second-order valence-electron chi connectivity index (χ2n) is 2.30. The summed E-state index contributed by atoms with van der Waals surface area (Å²) in [4.78, 5) is 21.2. The van der Waals surface area contributed by atoms with Gasteiger partial charge in [-0.3, -0.25) is 9.59 Å². The van der Waals surface area contributed by atoms with Gasteiger partial charge in [0.25, 0.3) is 6.47 Å². The van der Waals surface area contributed by atoms with E-state index >= 15 is 0 Å². The predicted octanol–water partition coefficient (Wildman–Crippen LogP) is 1.40. The minimum absolute atomic E-state index is 0.0592. The van der Waals surface area contributed by atoms with Crippen molar-refractivity contribution in [2.24, 2.45) is 0 Å². The lowest BCUT2D eigenvalue weighted by atomic mass is 10.4. The van der Waals surface area contributed by atoms with E-state index in [2.05, 4.69) is 4.74 Å². The molecule has 0 aromatic rings. The van der Waals surface area contributed by atoms with Gasteiger partial charge < -0.3 is 4.74 Å². The molecule has 0 amide bonds. The van der Waals surface area contributed by atoms with Gasteiger partial charge in [-0.2, -0.15) is 0 Å². The molecular formula is C8H12O4S2. The van der Waals surface area contributed by atoms with Crippen LogP contribution < -0.4 is 0 Å². The summed E-state index contributed by atoms with van der Waals surface area (Å²) in [5, 5.41) is 0. The molecule has 0 aliphatic heterocycles. The fourth-order valence-electron chi connectivity index (χ4n) is 0.774. The lowest BCUT2D eigenvalue weighted by Gasteiger charge is -2.05. The maximum atomic E-state index is 11.5. The van der Waals surface area contributed by atoms with Crippen molar-refractivity contribution in [2.75, 3.05) is 5.75 Å².